The maximum atomic E-state index is 10.2. The third kappa shape index (κ3) is 7.23. The minimum absolute atomic E-state index is 0.345. The van der Waals surface area contributed by atoms with Gasteiger partial charge >= 0.3 is 0 Å². The smallest absolute Gasteiger partial charge is 0.119 e. The van der Waals surface area contributed by atoms with E-state index >= 15 is 0 Å². The molecule has 3 rings (SSSR count). The standard InChI is InChI=1S/C23H33N3O2/c1-19-6-5-7-21(25-19)12-13-24-16-20-8-10-23(11-9-20)28-18-22(27)17-26-14-3-2-4-15-26/h5-11,22,24,27H,2-4,12-18H2,1H3/t22-/m0/s1. The van der Waals surface area contributed by atoms with Gasteiger partial charge in [0.05, 0.1) is 0 Å². The molecule has 1 aliphatic heterocycles. The van der Waals surface area contributed by atoms with Crippen molar-refractivity contribution in [1.29, 1.82) is 0 Å². The molecule has 0 amide bonds. The lowest BCUT2D eigenvalue weighted by Crippen LogP contribution is -2.38. The van der Waals surface area contributed by atoms with Crippen LogP contribution in [0.4, 0.5) is 0 Å². The number of piperidine rings is 1. The van der Waals surface area contributed by atoms with Gasteiger partial charge in [-0.25, -0.2) is 0 Å². The van der Waals surface area contributed by atoms with Crippen LogP contribution in [-0.4, -0.2) is 53.9 Å². The van der Waals surface area contributed by atoms with Gasteiger partial charge in [0.15, 0.2) is 0 Å². The number of hydrogen-bond donors (Lipinski definition) is 2. The van der Waals surface area contributed by atoms with Crippen LogP contribution in [0.3, 0.4) is 0 Å². The van der Waals surface area contributed by atoms with Crippen molar-refractivity contribution in [3.63, 3.8) is 0 Å². The van der Waals surface area contributed by atoms with E-state index in [4.69, 9.17) is 4.74 Å². The van der Waals surface area contributed by atoms with Crippen molar-refractivity contribution in [1.82, 2.24) is 15.2 Å². The number of likely N-dealkylation sites (tertiary alicyclic amines) is 1. The Morgan fingerprint density at radius 3 is 2.64 bits per heavy atom. The first-order chi connectivity index (χ1) is 13.7. The molecule has 5 heteroatoms. The van der Waals surface area contributed by atoms with Crippen molar-refractivity contribution in [2.75, 3.05) is 32.8 Å². The lowest BCUT2D eigenvalue weighted by molar-refractivity contribution is 0.0617. The number of rotatable bonds is 10. The Kier molecular flexibility index (Phi) is 8.27. The fourth-order valence-corrected chi connectivity index (χ4v) is 3.58. The molecule has 1 aliphatic rings. The van der Waals surface area contributed by atoms with E-state index < -0.39 is 6.10 Å². The van der Waals surface area contributed by atoms with Gasteiger partial charge in [-0.2, -0.15) is 0 Å². The number of ether oxygens (including phenoxy) is 1. The van der Waals surface area contributed by atoms with Gasteiger partial charge in [0.2, 0.25) is 0 Å². The van der Waals surface area contributed by atoms with E-state index in [1.165, 1.54) is 24.8 Å². The summed E-state index contributed by atoms with van der Waals surface area (Å²) in [5, 5.41) is 13.6. The summed E-state index contributed by atoms with van der Waals surface area (Å²) in [5.74, 6) is 0.811. The summed E-state index contributed by atoms with van der Waals surface area (Å²) in [5.41, 5.74) is 3.41. The van der Waals surface area contributed by atoms with E-state index in [-0.39, 0.29) is 0 Å². The largest absolute Gasteiger partial charge is 0.491 e. The summed E-state index contributed by atoms with van der Waals surface area (Å²) in [7, 11) is 0. The topological polar surface area (TPSA) is 57.6 Å². The van der Waals surface area contributed by atoms with Crippen molar-refractivity contribution >= 4 is 0 Å². The number of aliphatic hydroxyl groups excluding tert-OH is 1. The van der Waals surface area contributed by atoms with E-state index in [9.17, 15) is 5.11 Å². The Balaban J connectivity index is 1.32. The first kappa shape index (κ1) is 20.8. The molecule has 0 unspecified atom stereocenters. The van der Waals surface area contributed by atoms with Crippen LogP contribution >= 0.6 is 0 Å². The molecule has 5 nitrogen and oxygen atoms in total. The van der Waals surface area contributed by atoms with Gasteiger partial charge in [-0.15, -0.1) is 0 Å². The average molecular weight is 384 g/mol. The molecule has 0 spiro atoms. The van der Waals surface area contributed by atoms with Gasteiger partial charge in [-0.1, -0.05) is 24.6 Å². The van der Waals surface area contributed by atoms with Crippen molar-refractivity contribution in [3.05, 3.63) is 59.4 Å². The Morgan fingerprint density at radius 1 is 1.11 bits per heavy atom. The number of pyridine rings is 1. The zero-order valence-electron chi connectivity index (χ0n) is 16.9. The van der Waals surface area contributed by atoms with Crippen molar-refractivity contribution in [2.45, 2.75) is 45.3 Å². The van der Waals surface area contributed by atoms with E-state index in [0.29, 0.717) is 13.2 Å². The van der Waals surface area contributed by atoms with Crippen LogP contribution in [0.2, 0.25) is 0 Å². The summed E-state index contributed by atoms with van der Waals surface area (Å²) in [6, 6.07) is 14.3. The number of nitrogens with one attached hydrogen (secondary N) is 1. The van der Waals surface area contributed by atoms with Crippen LogP contribution < -0.4 is 10.1 Å². The van der Waals surface area contributed by atoms with E-state index in [1.807, 2.05) is 25.1 Å². The molecule has 1 fully saturated rings. The predicted octanol–water partition coefficient (Wildman–Crippen LogP) is 2.95. The number of aliphatic hydroxyl groups is 1. The second-order valence-corrected chi connectivity index (χ2v) is 7.67. The third-order valence-electron chi connectivity index (χ3n) is 5.12. The van der Waals surface area contributed by atoms with Gasteiger partial charge in [0.25, 0.3) is 0 Å². The molecule has 0 aliphatic carbocycles. The molecular formula is C23H33N3O2. The summed E-state index contributed by atoms with van der Waals surface area (Å²) >= 11 is 0. The summed E-state index contributed by atoms with van der Waals surface area (Å²) < 4.78 is 5.75. The fourth-order valence-electron chi connectivity index (χ4n) is 3.58. The van der Waals surface area contributed by atoms with E-state index in [0.717, 1.165) is 49.7 Å². The van der Waals surface area contributed by atoms with Crippen LogP contribution in [0.1, 0.15) is 36.2 Å². The number of benzene rings is 1. The lowest BCUT2D eigenvalue weighted by atomic mass is 10.1. The number of nitrogens with zero attached hydrogens (tertiary/aromatic N) is 2. The molecule has 1 aromatic carbocycles. The minimum atomic E-state index is -0.435. The molecule has 28 heavy (non-hydrogen) atoms. The SMILES string of the molecule is Cc1cccc(CCNCc2ccc(OC[C@@H](O)CN3CCCCC3)cc2)n1. The molecule has 2 heterocycles. The minimum Gasteiger partial charge on any atom is -0.491 e. The molecular weight excluding hydrogens is 350 g/mol. The maximum Gasteiger partial charge on any atom is 0.119 e. The summed E-state index contributed by atoms with van der Waals surface area (Å²) in [4.78, 5) is 6.85. The Hall–Kier alpha value is -1.95. The van der Waals surface area contributed by atoms with Crippen LogP contribution in [0.15, 0.2) is 42.5 Å². The molecule has 152 valence electrons. The zero-order chi connectivity index (χ0) is 19.6. The van der Waals surface area contributed by atoms with Crippen LogP contribution in [0, 0.1) is 6.92 Å². The number of aryl methyl sites for hydroxylation is 1. The first-order valence-corrected chi connectivity index (χ1v) is 10.4. The fraction of sp³-hybridized carbons (Fsp3) is 0.522. The van der Waals surface area contributed by atoms with Crippen molar-refractivity contribution < 1.29 is 9.84 Å². The lowest BCUT2D eigenvalue weighted by Gasteiger charge is -2.28. The molecule has 1 saturated heterocycles. The Bertz CT molecular complexity index is 699. The second-order valence-electron chi connectivity index (χ2n) is 7.67. The van der Waals surface area contributed by atoms with Gasteiger partial charge in [0, 0.05) is 37.4 Å². The molecule has 2 N–H and O–H groups in total. The average Bonchev–Trinajstić information content (AvgIpc) is 2.71. The molecule has 0 bridgehead atoms. The Morgan fingerprint density at radius 2 is 1.89 bits per heavy atom. The first-order valence-electron chi connectivity index (χ1n) is 10.4. The molecule has 1 atom stereocenters. The van der Waals surface area contributed by atoms with Gasteiger partial charge in [-0.05, 0) is 62.7 Å². The number of aromatic nitrogens is 1. The number of β-amino-alcohol motifs (C(OH)–C–C–N with tert-alkyl or cyclic N) is 1. The molecule has 0 saturated carbocycles. The molecule has 2 aromatic rings. The monoisotopic (exact) mass is 383 g/mol. The Labute approximate surface area is 168 Å². The maximum absolute atomic E-state index is 10.2. The quantitative estimate of drug-likeness (QED) is 0.618. The van der Waals surface area contributed by atoms with Crippen LogP contribution in [0.25, 0.3) is 0 Å². The second kappa shape index (κ2) is 11.1. The summed E-state index contributed by atoms with van der Waals surface area (Å²) in [6.07, 6.45) is 4.29. The highest BCUT2D eigenvalue weighted by molar-refractivity contribution is 5.27. The molecule has 0 radical (unpaired) electrons. The van der Waals surface area contributed by atoms with Crippen LogP contribution in [-0.2, 0) is 13.0 Å². The highest BCUT2D eigenvalue weighted by Gasteiger charge is 2.15. The van der Waals surface area contributed by atoms with Gasteiger partial charge in [-0.3, -0.25) is 4.98 Å². The normalized spacial score (nSPS) is 16.1. The summed E-state index contributed by atoms with van der Waals surface area (Å²) in [6.45, 7) is 6.99. The van der Waals surface area contributed by atoms with E-state index in [2.05, 4.69) is 39.5 Å². The van der Waals surface area contributed by atoms with Crippen molar-refractivity contribution in [3.8, 4) is 5.75 Å². The van der Waals surface area contributed by atoms with Crippen molar-refractivity contribution in [2.24, 2.45) is 0 Å². The van der Waals surface area contributed by atoms with E-state index in [1.54, 1.807) is 0 Å². The number of hydrogen-bond acceptors (Lipinski definition) is 5. The third-order valence-corrected chi connectivity index (χ3v) is 5.12. The zero-order valence-corrected chi connectivity index (χ0v) is 16.9. The molecule has 1 aromatic heterocycles. The van der Waals surface area contributed by atoms with Gasteiger partial charge in [0.1, 0.15) is 18.5 Å². The van der Waals surface area contributed by atoms with Gasteiger partial charge < -0.3 is 20.1 Å². The highest BCUT2D eigenvalue weighted by Crippen LogP contribution is 2.13. The van der Waals surface area contributed by atoms with Crippen LogP contribution in [0.5, 0.6) is 5.75 Å². The predicted molar refractivity (Wildman–Crippen MR) is 113 cm³/mol. The highest BCUT2D eigenvalue weighted by atomic mass is 16.5.